The molecule has 0 saturated heterocycles. The molecule has 0 spiro atoms. The van der Waals surface area contributed by atoms with E-state index in [1.165, 1.54) is 0 Å². The molecule has 6 nitrogen and oxygen atoms in total. The molecule has 3 aromatic heterocycles. The largest absolute Gasteiger partial charge is 0.380 e. The third-order valence-electron chi connectivity index (χ3n) is 2.29. The lowest BCUT2D eigenvalue weighted by atomic mass is 10.4. The number of nitrogens with zero attached hydrogens (tertiary/aromatic N) is 5. The molecule has 2 N–H and O–H groups in total. The van der Waals surface area contributed by atoms with E-state index >= 15 is 0 Å². The summed E-state index contributed by atoms with van der Waals surface area (Å²) < 4.78 is 1.59. The Bertz CT molecular complexity index is 692. The highest BCUT2D eigenvalue weighted by Gasteiger charge is 2.11. The van der Waals surface area contributed by atoms with Crippen molar-refractivity contribution >= 4 is 28.5 Å². The molecule has 0 aliphatic heterocycles. The number of rotatable bonds is 1. The summed E-state index contributed by atoms with van der Waals surface area (Å²) in [5.74, 6) is 0.912. The van der Waals surface area contributed by atoms with Crippen LogP contribution in [0, 0.1) is 0 Å². The van der Waals surface area contributed by atoms with Crippen LogP contribution >= 0.6 is 11.6 Å². The Morgan fingerprint density at radius 2 is 2.06 bits per heavy atom. The molecule has 7 heteroatoms. The second-order valence-corrected chi connectivity index (χ2v) is 3.69. The van der Waals surface area contributed by atoms with Gasteiger partial charge in [0.2, 0.25) is 5.28 Å². The molecule has 0 atom stereocenters. The molecule has 17 heavy (non-hydrogen) atoms. The Morgan fingerprint density at radius 1 is 1.18 bits per heavy atom. The molecule has 0 saturated carbocycles. The van der Waals surface area contributed by atoms with Crippen molar-refractivity contribution in [2.24, 2.45) is 0 Å². The van der Waals surface area contributed by atoms with Crippen LogP contribution in [0.4, 0.5) is 5.82 Å². The van der Waals surface area contributed by atoms with Crippen molar-refractivity contribution in [2.75, 3.05) is 5.73 Å². The first-order valence-corrected chi connectivity index (χ1v) is 5.21. The standard InChI is InChI=1S/C10H7ClN6/c11-10-14-5-3-7(15-10)17-6-2-1-4-13-8(6)9(12)16-17/h1-5H,(H2,12,16). The summed E-state index contributed by atoms with van der Waals surface area (Å²) in [7, 11) is 0. The molecule has 0 radical (unpaired) electrons. The zero-order valence-electron chi connectivity index (χ0n) is 8.58. The minimum Gasteiger partial charge on any atom is -0.380 e. The van der Waals surface area contributed by atoms with Crippen LogP contribution in [0.3, 0.4) is 0 Å². The first kappa shape index (κ1) is 9.98. The number of nitrogen functional groups attached to an aromatic ring is 1. The van der Waals surface area contributed by atoms with E-state index in [-0.39, 0.29) is 5.28 Å². The number of pyridine rings is 1. The van der Waals surface area contributed by atoms with E-state index in [0.717, 1.165) is 5.52 Å². The molecular formula is C10H7ClN6. The number of hydrogen-bond acceptors (Lipinski definition) is 5. The first-order valence-electron chi connectivity index (χ1n) is 4.84. The van der Waals surface area contributed by atoms with Gasteiger partial charge in [-0.2, -0.15) is 4.98 Å². The van der Waals surface area contributed by atoms with Crippen molar-refractivity contribution in [1.82, 2.24) is 24.7 Å². The average molecular weight is 247 g/mol. The van der Waals surface area contributed by atoms with E-state index in [2.05, 4.69) is 20.1 Å². The first-order chi connectivity index (χ1) is 8.25. The van der Waals surface area contributed by atoms with Gasteiger partial charge in [-0.15, -0.1) is 5.10 Å². The van der Waals surface area contributed by atoms with Crippen LogP contribution in [0.25, 0.3) is 16.9 Å². The summed E-state index contributed by atoms with van der Waals surface area (Å²) in [6, 6.07) is 5.37. The molecule has 0 aromatic carbocycles. The summed E-state index contributed by atoms with van der Waals surface area (Å²) in [6.45, 7) is 0. The van der Waals surface area contributed by atoms with E-state index in [4.69, 9.17) is 17.3 Å². The number of anilines is 1. The highest BCUT2D eigenvalue weighted by molar-refractivity contribution is 6.28. The van der Waals surface area contributed by atoms with Crippen LogP contribution in [0.5, 0.6) is 0 Å². The summed E-state index contributed by atoms with van der Waals surface area (Å²) in [4.78, 5) is 12.1. The van der Waals surface area contributed by atoms with Crippen molar-refractivity contribution in [3.8, 4) is 5.82 Å². The maximum Gasteiger partial charge on any atom is 0.224 e. The highest BCUT2D eigenvalue weighted by atomic mass is 35.5. The second-order valence-electron chi connectivity index (χ2n) is 3.35. The molecular weight excluding hydrogens is 240 g/mol. The molecule has 0 aliphatic carbocycles. The molecule has 3 rings (SSSR count). The fourth-order valence-corrected chi connectivity index (χ4v) is 1.74. The van der Waals surface area contributed by atoms with Gasteiger partial charge in [-0.05, 0) is 23.7 Å². The van der Waals surface area contributed by atoms with Crippen LogP contribution in [0.2, 0.25) is 5.28 Å². The lowest BCUT2D eigenvalue weighted by molar-refractivity contribution is 0.871. The molecule has 0 fully saturated rings. The summed E-state index contributed by atoms with van der Waals surface area (Å²) in [5, 5.41) is 4.34. The minimum absolute atomic E-state index is 0.161. The summed E-state index contributed by atoms with van der Waals surface area (Å²) >= 11 is 5.74. The van der Waals surface area contributed by atoms with Gasteiger partial charge in [-0.25, -0.2) is 9.67 Å². The van der Waals surface area contributed by atoms with Crippen LogP contribution in [-0.2, 0) is 0 Å². The Labute approximate surface area is 101 Å². The van der Waals surface area contributed by atoms with Gasteiger partial charge in [0, 0.05) is 18.5 Å². The van der Waals surface area contributed by atoms with E-state index < -0.39 is 0 Å². The monoisotopic (exact) mass is 246 g/mol. The van der Waals surface area contributed by atoms with Gasteiger partial charge < -0.3 is 5.73 Å². The number of aromatic nitrogens is 5. The fourth-order valence-electron chi connectivity index (χ4n) is 1.59. The third-order valence-corrected chi connectivity index (χ3v) is 2.48. The van der Waals surface area contributed by atoms with Crippen LogP contribution in [0.1, 0.15) is 0 Å². The van der Waals surface area contributed by atoms with Gasteiger partial charge in [-0.3, -0.25) is 4.98 Å². The third kappa shape index (κ3) is 1.58. The molecule has 3 aromatic rings. The van der Waals surface area contributed by atoms with Crippen molar-refractivity contribution in [2.45, 2.75) is 0 Å². The smallest absolute Gasteiger partial charge is 0.224 e. The zero-order chi connectivity index (χ0) is 11.8. The lowest BCUT2D eigenvalue weighted by Gasteiger charge is -2.00. The Hall–Kier alpha value is -2.21. The lowest BCUT2D eigenvalue weighted by Crippen LogP contribution is -2.00. The number of hydrogen-bond donors (Lipinski definition) is 1. The number of halogens is 1. The SMILES string of the molecule is Nc1nn(-c2ccnc(Cl)n2)c2cccnc12. The second kappa shape index (κ2) is 3.67. The molecule has 0 aliphatic rings. The predicted octanol–water partition coefficient (Wildman–Crippen LogP) is 1.45. The maximum atomic E-state index is 5.78. The summed E-state index contributed by atoms with van der Waals surface area (Å²) in [6.07, 6.45) is 3.22. The molecule has 84 valence electrons. The van der Waals surface area contributed by atoms with E-state index in [1.807, 2.05) is 12.1 Å². The fraction of sp³-hybridized carbons (Fsp3) is 0. The normalized spacial score (nSPS) is 10.9. The van der Waals surface area contributed by atoms with Gasteiger partial charge in [-0.1, -0.05) is 0 Å². The summed E-state index contributed by atoms with van der Waals surface area (Å²) in [5.41, 5.74) is 7.20. The minimum atomic E-state index is 0.161. The van der Waals surface area contributed by atoms with Gasteiger partial charge in [0.15, 0.2) is 11.6 Å². The van der Waals surface area contributed by atoms with Gasteiger partial charge in [0.05, 0.1) is 5.52 Å². The van der Waals surface area contributed by atoms with E-state index in [0.29, 0.717) is 17.2 Å². The van der Waals surface area contributed by atoms with Gasteiger partial charge in [0.1, 0.15) is 5.52 Å². The predicted molar refractivity (Wildman–Crippen MR) is 63.9 cm³/mol. The van der Waals surface area contributed by atoms with Crippen LogP contribution < -0.4 is 5.73 Å². The van der Waals surface area contributed by atoms with E-state index in [1.54, 1.807) is 23.1 Å². The van der Waals surface area contributed by atoms with Gasteiger partial charge >= 0.3 is 0 Å². The number of nitrogens with two attached hydrogens (primary N) is 1. The molecule has 0 bridgehead atoms. The average Bonchev–Trinajstić information content (AvgIpc) is 2.68. The van der Waals surface area contributed by atoms with Crippen LogP contribution in [0.15, 0.2) is 30.6 Å². The van der Waals surface area contributed by atoms with E-state index in [9.17, 15) is 0 Å². The van der Waals surface area contributed by atoms with Crippen molar-refractivity contribution < 1.29 is 0 Å². The van der Waals surface area contributed by atoms with Gasteiger partial charge in [0.25, 0.3) is 0 Å². The molecule has 0 amide bonds. The van der Waals surface area contributed by atoms with Crippen LogP contribution in [-0.4, -0.2) is 24.7 Å². The van der Waals surface area contributed by atoms with Crippen molar-refractivity contribution in [3.63, 3.8) is 0 Å². The topological polar surface area (TPSA) is 82.5 Å². The Morgan fingerprint density at radius 3 is 2.88 bits per heavy atom. The zero-order valence-corrected chi connectivity index (χ0v) is 9.33. The highest BCUT2D eigenvalue weighted by Crippen LogP contribution is 2.20. The Kier molecular flexibility index (Phi) is 2.15. The molecule has 0 unspecified atom stereocenters. The quantitative estimate of drug-likeness (QED) is 0.657. The maximum absolute atomic E-state index is 5.78. The van der Waals surface area contributed by atoms with Crippen molar-refractivity contribution in [1.29, 1.82) is 0 Å². The molecule has 3 heterocycles. The number of fused-ring (bicyclic) bond motifs is 1. The van der Waals surface area contributed by atoms with Crippen molar-refractivity contribution in [3.05, 3.63) is 35.9 Å². The Balaban J connectivity index is 2.31.